The van der Waals surface area contributed by atoms with Gasteiger partial charge >= 0.3 is 0 Å². The second kappa shape index (κ2) is 7.26. The molecule has 1 aromatic rings. The maximum absolute atomic E-state index is 12.0. The zero-order chi connectivity index (χ0) is 14.4. The molecule has 20 heavy (non-hydrogen) atoms. The fourth-order valence-electron chi connectivity index (χ4n) is 2.25. The predicted octanol–water partition coefficient (Wildman–Crippen LogP) is 1.25. The van der Waals surface area contributed by atoms with Crippen LogP contribution in [-0.2, 0) is 9.53 Å². The Balaban J connectivity index is 1.82. The molecule has 2 N–H and O–H groups in total. The van der Waals surface area contributed by atoms with Crippen LogP contribution in [0.1, 0.15) is 24.9 Å². The Kier molecular flexibility index (Phi) is 5.38. The second-order valence-electron chi connectivity index (χ2n) is 4.99. The van der Waals surface area contributed by atoms with Gasteiger partial charge in [0.1, 0.15) is 5.75 Å². The van der Waals surface area contributed by atoms with Crippen LogP contribution in [0, 0.1) is 0 Å². The van der Waals surface area contributed by atoms with E-state index in [1.54, 1.807) is 7.11 Å². The van der Waals surface area contributed by atoms with Crippen LogP contribution < -0.4 is 15.4 Å². The molecule has 1 aromatic carbocycles. The maximum Gasteiger partial charge on any atom is 0.222 e. The van der Waals surface area contributed by atoms with E-state index in [9.17, 15) is 4.79 Å². The molecule has 5 heteroatoms. The van der Waals surface area contributed by atoms with Crippen molar-refractivity contribution >= 4 is 5.91 Å². The zero-order valence-corrected chi connectivity index (χ0v) is 12.0. The van der Waals surface area contributed by atoms with Crippen LogP contribution >= 0.6 is 0 Å². The third kappa shape index (κ3) is 4.21. The number of morpholine rings is 1. The maximum atomic E-state index is 12.0. The van der Waals surface area contributed by atoms with Crippen molar-refractivity contribution in [3.8, 4) is 5.75 Å². The van der Waals surface area contributed by atoms with Crippen LogP contribution in [0.5, 0.6) is 5.75 Å². The molecule has 2 rings (SSSR count). The number of carbonyl (C=O) groups is 1. The molecule has 2 atom stereocenters. The molecule has 1 aliphatic heterocycles. The van der Waals surface area contributed by atoms with Gasteiger partial charge in [-0.15, -0.1) is 0 Å². The highest BCUT2D eigenvalue weighted by molar-refractivity contribution is 5.77. The number of nitrogens with one attached hydrogen (secondary N) is 2. The topological polar surface area (TPSA) is 59.6 Å². The van der Waals surface area contributed by atoms with E-state index < -0.39 is 0 Å². The monoisotopic (exact) mass is 278 g/mol. The lowest BCUT2D eigenvalue weighted by atomic mass is 10.1. The summed E-state index contributed by atoms with van der Waals surface area (Å²) in [5.74, 6) is 0.854. The van der Waals surface area contributed by atoms with E-state index in [1.165, 1.54) is 0 Å². The van der Waals surface area contributed by atoms with Gasteiger partial charge in [-0.05, 0) is 24.6 Å². The van der Waals surface area contributed by atoms with Crippen LogP contribution in [0.15, 0.2) is 24.3 Å². The summed E-state index contributed by atoms with van der Waals surface area (Å²) in [4.78, 5) is 12.0. The Morgan fingerprint density at radius 1 is 1.50 bits per heavy atom. The standard InChI is InChI=1S/C15H22N2O3/c1-11(12-3-5-14(19-2)6-4-12)17-15(18)9-13-10-20-8-7-16-13/h3-6,11,13,16H,7-10H2,1-2H3,(H,17,18). The quantitative estimate of drug-likeness (QED) is 0.851. The molecule has 0 spiro atoms. The second-order valence-corrected chi connectivity index (χ2v) is 4.99. The van der Waals surface area contributed by atoms with Crippen LogP contribution in [0.25, 0.3) is 0 Å². The van der Waals surface area contributed by atoms with Gasteiger partial charge in [0, 0.05) is 19.0 Å². The fourth-order valence-corrected chi connectivity index (χ4v) is 2.25. The Labute approximate surface area is 119 Å². The van der Waals surface area contributed by atoms with Crippen molar-refractivity contribution in [2.75, 3.05) is 26.9 Å². The van der Waals surface area contributed by atoms with Crippen molar-refractivity contribution in [1.29, 1.82) is 0 Å². The molecule has 5 nitrogen and oxygen atoms in total. The Morgan fingerprint density at radius 3 is 2.85 bits per heavy atom. The van der Waals surface area contributed by atoms with Gasteiger partial charge in [0.05, 0.1) is 26.4 Å². The predicted molar refractivity (Wildman–Crippen MR) is 76.8 cm³/mol. The summed E-state index contributed by atoms with van der Waals surface area (Å²) in [5.41, 5.74) is 1.06. The summed E-state index contributed by atoms with van der Waals surface area (Å²) in [6.45, 7) is 4.11. The van der Waals surface area contributed by atoms with E-state index in [-0.39, 0.29) is 18.0 Å². The number of ether oxygens (including phenoxy) is 2. The molecule has 2 unspecified atom stereocenters. The summed E-state index contributed by atoms with van der Waals surface area (Å²) in [6, 6.07) is 7.82. The van der Waals surface area contributed by atoms with Crippen molar-refractivity contribution in [2.45, 2.75) is 25.4 Å². The van der Waals surface area contributed by atoms with Crippen molar-refractivity contribution in [3.63, 3.8) is 0 Å². The van der Waals surface area contributed by atoms with Crippen LogP contribution in [0.4, 0.5) is 0 Å². The molecular formula is C15H22N2O3. The highest BCUT2D eigenvalue weighted by Crippen LogP contribution is 2.17. The number of hydrogen-bond donors (Lipinski definition) is 2. The van der Waals surface area contributed by atoms with Crippen LogP contribution in [-0.4, -0.2) is 38.8 Å². The van der Waals surface area contributed by atoms with E-state index >= 15 is 0 Å². The minimum absolute atomic E-state index is 0.0158. The van der Waals surface area contributed by atoms with Gasteiger partial charge in [-0.3, -0.25) is 4.79 Å². The van der Waals surface area contributed by atoms with Crippen LogP contribution in [0.3, 0.4) is 0 Å². The summed E-state index contributed by atoms with van der Waals surface area (Å²) in [5, 5.41) is 6.28. The first-order valence-corrected chi connectivity index (χ1v) is 6.93. The highest BCUT2D eigenvalue weighted by atomic mass is 16.5. The first kappa shape index (κ1) is 14.8. The smallest absolute Gasteiger partial charge is 0.222 e. The van der Waals surface area contributed by atoms with Crippen molar-refractivity contribution in [1.82, 2.24) is 10.6 Å². The van der Waals surface area contributed by atoms with Gasteiger partial charge in [-0.2, -0.15) is 0 Å². The van der Waals surface area contributed by atoms with Gasteiger partial charge in [0.2, 0.25) is 5.91 Å². The third-order valence-corrected chi connectivity index (χ3v) is 3.42. The summed E-state index contributed by atoms with van der Waals surface area (Å²) in [7, 11) is 1.64. The van der Waals surface area contributed by atoms with Crippen molar-refractivity contribution in [2.24, 2.45) is 0 Å². The van der Waals surface area contributed by atoms with Gasteiger partial charge < -0.3 is 20.1 Å². The van der Waals surface area contributed by atoms with E-state index in [0.29, 0.717) is 13.0 Å². The summed E-state index contributed by atoms with van der Waals surface area (Å²) in [6.07, 6.45) is 0.445. The lowest BCUT2D eigenvalue weighted by Crippen LogP contribution is -2.44. The minimum atomic E-state index is -0.0158. The average molecular weight is 278 g/mol. The molecule has 0 radical (unpaired) electrons. The molecule has 0 saturated carbocycles. The number of benzene rings is 1. The van der Waals surface area contributed by atoms with Gasteiger partial charge in [-0.25, -0.2) is 0 Å². The first-order valence-electron chi connectivity index (χ1n) is 6.93. The van der Waals surface area contributed by atoms with Gasteiger partial charge in [0.15, 0.2) is 0 Å². The number of carbonyl (C=O) groups excluding carboxylic acids is 1. The molecule has 1 amide bonds. The van der Waals surface area contributed by atoms with E-state index in [0.717, 1.165) is 24.5 Å². The van der Waals surface area contributed by atoms with Crippen molar-refractivity contribution < 1.29 is 14.3 Å². The Bertz CT molecular complexity index is 427. The van der Waals surface area contributed by atoms with E-state index in [4.69, 9.17) is 9.47 Å². The normalized spacial score (nSPS) is 20.2. The minimum Gasteiger partial charge on any atom is -0.497 e. The number of amides is 1. The molecule has 0 aromatic heterocycles. The van der Waals surface area contributed by atoms with Crippen molar-refractivity contribution in [3.05, 3.63) is 29.8 Å². The van der Waals surface area contributed by atoms with Gasteiger partial charge in [0.25, 0.3) is 0 Å². The number of rotatable bonds is 5. The van der Waals surface area contributed by atoms with Crippen LogP contribution in [0.2, 0.25) is 0 Å². The van der Waals surface area contributed by atoms with E-state index in [1.807, 2.05) is 31.2 Å². The molecule has 1 fully saturated rings. The average Bonchev–Trinajstić information content (AvgIpc) is 2.48. The fraction of sp³-hybridized carbons (Fsp3) is 0.533. The van der Waals surface area contributed by atoms with E-state index in [2.05, 4.69) is 10.6 Å². The largest absolute Gasteiger partial charge is 0.497 e. The molecular weight excluding hydrogens is 256 g/mol. The zero-order valence-electron chi connectivity index (χ0n) is 12.0. The highest BCUT2D eigenvalue weighted by Gasteiger charge is 2.18. The SMILES string of the molecule is COc1ccc(C(C)NC(=O)CC2COCCN2)cc1. The molecule has 0 aliphatic carbocycles. The third-order valence-electron chi connectivity index (χ3n) is 3.42. The molecule has 1 saturated heterocycles. The van der Waals surface area contributed by atoms with Gasteiger partial charge in [-0.1, -0.05) is 12.1 Å². The lowest BCUT2D eigenvalue weighted by molar-refractivity contribution is -0.122. The molecule has 1 heterocycles. The molecule has 1 aliphatic rings. The lowest BCUT2D eigenvalue weighted by Gasteiger charge is -2.24. The molecule has 0 bridgehead atoms. The summed E-state index contributed by atoms with van der Waals surface area (Å²) < 4.78 is 10.5. The molecule has 110 valence electrons. The Hall–Kier alpha value is -1.59. The number of methoxy groups -OCH3 is 1. The summed E-state index contributed by atoms with van der Waals surface area (Å²) >= 11 is 0. The number of hydrogen-bond acceptors (Lipinski definition) is 4. The first-order chi connectivity index (χ1) is 9.69. The Morgan fingerprint density at radius 2 is 2.25 bits per heavy atom.